The molecule has 1 fully saturated rings. The average molecular weight is 405 g/mol. The molecule has 9 heteroatoms. The Labute approximate surface area is 168 Å². The number of methoxy groups -OCH3 is 1. The number of halogens is 1. The number of carbonyl (C=O) groups is 3. The van der Waals surface area contributed by atoms with Crippen molar-refractivity contribution in [2.45, 2.75) is 37.5 Å². The maximum atomic E-state index is 13.0. The van der Waals surface area contributed by atoms with Gasteiger partial charge in [0.25, 0.3) is 17.6 Å². The Morgan fingerprint density at radius 2 is 1.97 bits per heavy atom. The Bertz CT molecular complexity index is 820. The SMILES string of the molecule is COCCOC1(C2=NC(C(=O)NCc3ccc(F)cc3)C(=O)C(=O)N2C)CCC1. The summed E-state index contributed by atoms with van der Waals surface area (Å²) in [4.78, 5) is 43.0. The van der Waals surface area contributed by atoms with Crippen molar-refractivity contribution in [3.05, 3.63) is 35.6 Å². The van der Waals surface area contributed by atoms with Gasteiger partial charge in [-0.05, 0) is 37.0 Å². The predicted octanol–water partition coefficient (Wildman–Crippen LogP) is 0.836. The fourth-order valence-corrected chi connectivity index (χ4v) is 3.39. The van der Waals surface area contributed by atoms with E-state index < -0.39 is 29.2 Å². The van der Waals surface area contributed by atoms with Crippen LogP contribution in [0.2, 0.25) is 0 Å². The highest BCUT2D eigenvalue weighted by Gasteiger charge is 2.51. The van der Waals surface area contributed by atoms with E-state index >= 15 is 0 Å². The zero-order chi connectivity index (χ0) is 21.0. The topological polar surface area (TPSA) is 97.3 Å². The fraction of sp³-hybridized carbons (Fsp3) is 0.500. The molecular weight excluding hydrogens is 381 g/mol. The van der Waals surface area contributed by atoms with Gasteiger partial charge in [-0.2, -0.15) is 0 Å². The van der Waals surface area contributed by atoms with E-state index in [1.54, 1.807) is 7.11 Å². The highest BCUT2D eigenvalue weighted by Crippen LogP contribution is 2.39. The Morgan fingerprint density at radius 3 is 2.55 bits per heavy atom. The normalized spacial score (nSPS) is 20.9. The zero-order valence-corrected chi connectivity index (χ0v) is 16.4. The third kappa shape index (κ3) is 4.35. The molecule has 1 unspecified atom stereocenters. The van der Waals surface area contributed by atoms with Crippen molar-refractivity contribution in [1.29, 1.82) is 0 Å². The van der Waals surface area contributed by atoms with Gasteiger partial charge in [-0.15, -0.1) is 0 Å². The zero-order valence-electron chi connectivity index (χ0n) is 16.4. The number of ketones is 1. The van der Waals surface area contributed by atoms with Crippen LogP contribution in [0, 0.1) is 5.82 Å². The van der Waals surface area contributed by atoms with Crippen LogP contribution in [0.15, 0.2) is 29.3 Å². The van der Waals surface area contributed by atoms with Crippen LogP contribution in [0.3, 0.4) is 0 Å². The summed E-state index contributed by atoms with van der Waals surface area (Å²) < 4.78 is 24.0. The van der Waals surface area contributed by atoms with Crippen molar-refractivity contribution < 1.29 is 28.2 Å². The number of amides is 2. The molecular formula is C20H24FN3O5. The van der Waals surface area contributed by atoms with Crippen molar-refractivity contribution in [1.82, 2.24) is 10.2 Å². The van der Waals surface area contributed by atoms with Crippen molar-refractivity contribution in [3.8, 4) is 0 Å². The minimum atomic E-state index is -1.46. The van der Waals surface area contributed by atoms with E-state index in [-0.39, 0.29) is 12.4 Å². The molecule has 3 rings (SSSR count). The van der Waals surface area contributed by atoms with Gasteiger partial charge in [-0.25, -0.2) is 9.38 Å². The number of benzene rings is 1. The molecule has 1 N–H and O–H groups in total. The number of nitrogens with one attached hydrogen (secondary N) is 1. The molecule has 1 atom stereocenters. The first kappa shape index (κ1) is 21.1. The Hall–Kier alpha value is -2.65. The maximum absolute atomic E-state index is 13.0. The molecule has 29 heavy (non-hydrogen) atoms. The minimum absolute atomic E-state index is 0.0905. The molecule has 8 nitrogen and oxygen atoms in total. The smallest absolute Gasteiger partial charge is 0.297 e. The van der Waals surface area contributed by atoms with E-state index in [4.69, 9.17) is 9.47 Å². The number of likely N-dealkylation sites (N-methyl/N-ethyl adjacent to an activating group) is 1. The van der Waals surface area contributed by atoms with Gasteiger partial charge < -0.3 is 14.8 Å². The van der Waals surface area contributed by atoms with Crippen LogP contribution >= 0.6 is 0 Å². The van der Waals surface area contributed by atoms with Gasteiger partial charge in [-0.3, -0.25) is 19.3 Å². The minimum Gasteiger partial charge on any atom is -0.382 e. The largest absolute Gasteiger partial charge is 0.382 e. The highest BCUT2D eigenvalue weighted by molar-refractivity contribution is 6.46. The van der Waals surface area contributed by atoms with Gasteiger partial charge in [0, 0.05) is 20.7 Å². The summed E-state index contributed by atoms with van der Waals surface area (Å²) in [6.45, 7) is 0.785. The number of hydrogen-bond donors (Lipinski definition) is 1. The van der Waals surface area contributed by atoms with Gasteiger partial charge in [0.05, 0.1) is 13.2 Å². The number of aliphatic imine (C=N–C) groups is 1. The van der Waals surface area contributed by atoms with E-state index in [0.717, 1.165) is 6.42 Å². The number of ether oxygens (including phenoxy) is 2. The van der Waals surface area contributed by atoms with Crippen molar-refractivity contribution >= 4 is 23.4 Å². The molecule has 1 aromatic rings. The summed E-state index contributed by atoms with van der Waals surface area (Å²) in [6.07, 6.45) is 2.18. The number of amidine groups is 1. The van der Waals surface area contributed by atoms with Crippen LogP contribution in [0.5, 0.6) is 0 Å². The summed E-state index contributed by atoms with van der Waals surface area (Å²) in [5, 5.41) is 2.59. The van der Waals surface area contributed by atoms with Crippen molar-refractivity contribution in [2.75, 3.05) is 27.4 Å². The molecule has 1 aromatic carbocycles. The van der Waals surface area contributed by atoms with Gasteiger partial charge in [0.15, 0.2) is 6.04 Å². The lowest BCUT2D eigenvalue weighted by atomic mass is 9.77. The summed E-state index contributed by atoms with van der Waals surface area (Å²) in [6, 6.07) is 4.15. The second-order valence-electron chi connectivity index (χ2n) is 7.12. The molecule has 0 bridgehead atoms. The number of nitrogens with zero attached hydrogens (tertiary/aromatic N) is 2. The molecule has 0 spiro atoms. The maximum Gasteiger partial charge on any atom is 0.297 e. The first-order valence-corrected chi connectivity index (χ1v) is 9.43. The van der Waals surface area contributed by atoms with Crippen LogP contribution in [0.4, 0.5) is 4.39 Å². The summed E-state index contributed by atoms with van der Waals surface area (Å²) in [7, 11) is 3.02. The molecule has 0 aromatic heterocycles. The number of rotatable bonds is 8. The third-order valence-electron chi connectivity index (χ3n) is 5.20. The molecule has 1 heterocycles. The lowest BCUT2D eigenvalue weighted by Crippen LogP contribution is -2.62. The second-order valence-corrected chi connectivity index (χ2v) is 7.12. The lowest BCUT2D eigenvalue weighted by molar-refractivity contribution is -0.146. The Balaban J connectivity index is 1.77. The fourth-order valence-electron chi connectivity index (χ4n) is 3.39. The van der Waals surface area contributed by atoms with Crippen LogP contribution in [0.1, 0.15) is 24.8 Å². The quantitative estimate of drug-likeness (QED) is 0.393. The average Bonchev–Trinajstić information content (AvgIpc) is 2.68. The Morgan fingerprint density at radius 1 is 1.28 bits per heavy atom. The standard InChI is InChI=1S/C20H24FN3O5/c1-24-18(27)16(25)15(17(26)22-12-13-4-6-14(21)7-5-13)23-19(24)20(8-3-9-20)29-11-10-28-2/h4-7,15H,3,8-12H2,1-2H3,(H,22,26). The number of hydrogen-bond acceptors (Lipinski definition) is 6. The number of carbonyl (C=O) groups excluding carboxylic acids is 3. The number of Topliss-reactive ketones (excluding diaryl/α,β-unsaturated/α-hetero) is 1. The van der Waals surface area contributed by atoms with E-state index in [1.807, 2.05) is 0 Å². The van der Waals surface area contributed by atoms with E-state index in [9.17, 15) is 18.8 Å². The summed E-state index contributed by atoms with van der Waals surface area (Å²) in [5.74, 6) is -2.45. The highest BCUT2D eigenvalue weighted by atomic mass is 19.1. The monoisotopic (exact) mass is 405 g/mol. The van der Waals surface area contributed by atoms with Crippen LogP contribution in [-0.4, -0.2) is 67.3 Å². The van der Waals surface area contributed by atoms with Crippen molar-refractivity contribution in [2.24, 2.45) is 4.99 Å². The molecule has 1 aliphatic heterocycles. The summed E-state index contributed by atoms with van der Waals surface area (Å²) >= 11 is 0. The van der Waals surface area contributed by atoms with Crippen LogP contribution in [0.25, 0.3) is 0 Å². The van der Waals surface area contributed by atoms with Crippen LogP contribution < -0.4 is 5.32 Å². The summed E-state index contributed by atoms with van der Waals surface area (Å²) in [5.41, 5.74) is -0.131. The van der Waals surface area contributed by atoms with Gasteiger partial charge in [-0.1, -0.05) is 12.1 Å². The molecule has 1 aliphatic carbocycles. The van der Waals surface area contributed by atoms with Crippen molar-refractivity contribution in [3.63, 3.8) is 0 Å². The predicted molar refractivity (Wildman–Crippen MR) is 102 cm³/mol. The van der Waals surface area contributed by atoms with Crippen LogP contribution in [-0.2, 0) is 30.4 Å². The molecule has 0 saturated heterocycles. The van der Waals surface area contributed by atoms with E-state index in [1.165, 1.54) is 36.2 Å². The molecule has 2 amide bonds. The van der Waals surface area contributed by atoms with Gasteiger partial charge in [0.2, 0.25) is 0 Å². The molecule has 0 radical (unpaired) electrons. The third-order valence-corrected chi connectivity index (χ3v) is 5.20. The second kappa shape index (κ2) is 8.79. The first-order chi connectivity index (χ1) is 13.9. The Kier molecular flexibility index (Phi) is 6.39. The molecule has 1 saturated carbocycles. The first-order valence-electron chi connectivity index (χ1n) is 9.43. The molecule has 2 aliphatic rings. The van der Waals surface area contributed by atoms with Gasteiger partial charge in [0.1, 0.15) is 17.3 Å². The van der Waals surface area contributed by atoms with Gasteiger partial charge >= 0.3 is 0 Å². The molecule has 156 valence electrons. The van der Waals surface area contributed by atoms with E-state index in [0.29, 0.717) is 37.5 Å². The van der Waals surface area contributed by atoms with E-state index in [2.05, 4.69) is 10.3 Å². The lowest BCUT2D eigenvalue weighted by Gasteiger charge is -2.46.